The van der Waals surface area contributed by atoms with Gasteiger partial charge < -0.3 is 9.47 Å². The number of hydrogen-bond donors (Lipinski definition) is 0. The summed E-state index contributed by atoms with van der Waals surface area (Å²) in [5.74, 6) is 1.63. The number of benzene rings is 1. The second kappa shape index (κ2) is 1.90. The van der Waals surface area contributed by atoms with Gasteiger partial charge in [0.05, 0.1) is 0 Å². The van der Waals surface area contributed by atoms with Crippen molar-refractivity contribution >= 4 is 0 Å². The van der Waals surface area contributed by atoms with Crippen molar-refractivity contribution in [3.63, 3.8) is 0 Å². The van der Waals surface area contributed by atoms with Crippen LogP contribution in [0.15, 0.2) is 12.1 Å². The topological polar surface area (TPSA) is 18.5 Å². The largest absolute Gasteiger partial charge is 0.454 e. The van der Waals surface area contributed by atoms with Crippen molar-refractivity contribution in [1.29, 1.82) is 0 Å². The van der Waals surface area contributed by atoms with Gasteiger partial charge in [-0.1, -0.05) is 0 Å². The number of hydrogen-bond acceptors (Lipinski definition) is 2. The molecular weight excluding hydrogens is 128 g/mol. The Bertz CT molecular complexity index is 255. The third-order valence-corrected chi connectivity index (χ3v) is 1.45. The Hall–Kier alpha value is -1.18. The molecule has 0 aliphatic carbocycles. The maximum atomic E-state index is 5.14. The van der Waals surface area contributed by atoms with Gasteiger partial charge in [0.2, 0.25) is 6.79 Å². The lowest BCUT2D eigenvalue weighted by atomic mass is 10.2. The van der Waals surface area contributed by atoms with E-state index in [1.165, 1.54) is 0 Å². The summed E-state index contributed by atoms with van der Waals surface area (Å²) in [6.45, 7) is 2.31. The van der Waals surface area contributed by atoms with E-state index < -0.39 is 0 Å². The van der Waals surface area contributed by atoms with Gasteiger partial charge in [-0.05, 0) is 30.7 Å². The summed E-state index contributed by atoms with van der Waals surface area (Å²) in [5, 5.41) is 0. The maximum absolute atomic E-state index is 5.14. The summed E-state index contributed by atoms with van der Waals surface area (Å²) >= 11 is 0. The van der Waals surface area contributed by atoms with E-state index in [-0.39, 0.29) is 0 Å². The Labute approximate surface area is 59.4 Å². The zero-order chi connectivity index (χ0) is 6.97. The predicted molar refractivity (Wildman–Crippen MR) is 36.1 cm³/mol. The van der Waals surface area contributed by atoms with Gasteiger partial charge in [0, 0.05) is 0 Å². The van der Waals surface area contributed by atoms with Crippen LogP contribution in [0.4, 0.5) is 0 Å². The Kier molecular flexibility index (Phi) is 1.07. The molecule has 10 heavy (non-hydrogen) atoms. The zero-order valence-electron chi connectivity index (χ0n) is 5.68. The minimum Gasteiger partial charge on any atom is -0.454 e. The van der Waals surface area contributed by atoms with E-state index in [2.05, 4.69) is 6.07 Å². The SMILES string of the molecule is Cc1[c]cc2c(c1)OCO2. The molecule has 1 aromatic carbocycles. The molecule has 0 saturated carbocycles. The second-order valence-electron chi connectivity index (χ2n) is 2.25. The highest BCUT2D eigenvalue weighted by molar-refractivity contribution is 5.43. The highest BCUT2D eigenvalue weighted by atomic mass is 16.7. The molecule has 2 heteroatoms. The van der Waals surface area contributed by atoms with Crippen molar-refractivity contribution in [2.75, 3.05) is 6.79 Å². The van der Waals surface area contributed by atoms with Crippen LogP contribution in [0.1, 0.15) is 5.56 Å². The van der Waals surface area contributed by atoms with Crippen molar-refractivity contribution in [2.24, 2.45) is 0 Å². The Morgan fingerprint density at radius 3 is 3.10 bits per heavy atom. The second-order valence-corrected chi connectivity index (χ2v) is 2.25. The van der Waals surface area contributed by atoms with E-state index in [9.17, 15) is 0 Å². The van der Waals surface area contributed by atoms with Gasteiger partial charge in [0.25, 0.3) is 0 Å². The number of aryl methyl sites for hydroxylation is 1. The zero-order valence-corrected chi connectivity index (χ0v) is 5.68. The van der Waals surface area contributed by atoms with Crippen LogP contribution in [0.2, 0.25) is 0 Å². The molecule has 1 aliphatic rings. The van der Waals surface area contributed by atoms with Crippen LogP contribution in [0.25, 0.3) is 0 Å². The summed E-state index contributed by atoms with van der Waals surface area (Å²) in [7, 11) is 0. The molecule has 0 spiro atoms. The molecule has 0 atom stereocenters. The first-order chi connectivity index (χ1) is 4.86. The molecule has 0 unspecified atom stereocenters. The molecule has 0 amide bonds. The van der Waals surface area contributed by atoms with E-state index in [0.717, 1.165) is 17.1 Å². The lowest BCUT2D eigenvalue weighted by Gasteiger charge is -1.94. The maximum Gasteiger partial charge on any atom is 0.231 e. The van der Waals surface area contributed by atoms with E-state index in [1.54, 1.807) is 6.07 Å². The fourth-order valence-electron chi connectivity index (χ4n) is 0.942. The van der Waals surface area contributed by atoms with Crippen LogP contribution in [0.3, 0.4) is 0 Å². The summed E-state index contributed by atoms with van der Waals surface area (Å²) in [6, 6.07) is 6.75. The van der Waals surface area contributed by atoms with E-state index in [1.807, 2.05) is 13.0 Å². The van der Waals surface area contributed by atoms with Gasteiger partial charge in [0.1, 0.15) is 0 Å². The summed E-state index contributed by atoms with van der Waals surface area (Å²) in [4.78, 5) is 0. The smallest absolute Gasteiger partial charge is 0.231 e. The van der Waals surface area contributed by atoms with Crippen molar-refractivity contribution in [3.8, 4) is 11.5 Å². The first-order valence-electron chi connectivity index (χ1n) is 3.14. The third kappa shape index (κ3) is 0.727. The van der Waals surface area contributed by atoms with Gasteiger partial charge in [-0.3, -0.25) is 0 Å². The Morgan fingerprint density at radius 1 is 1.40 bits per heavy atom. The first kappa shape index (κ1) is 5.59. The summed E-state index contributed by atoms with van der Waals surface area (Å²) < 4.78 is 10.2. The molecule has 0 saturated heterocycles. The quantitative estimate of drug-likeness (QED) is 0.537. The fraction of sp³-hybridized carbons (Fsp3) is 0.250. The van der Waals surface area contributed by atoms with Crippen molar-refractivity contribution in [3.05, 3.63) is 23.8 Å². The molecule has 1 aromatic rings. The molecule has 0 N–H and O–H groups in total. The van der Waals surface area contributed by atoms with E-state index in [0.29, 0.717) is 6.79 Å². The molecule has 1 radical (unpaired) electrons. The van der Waals surface area contributed by atoms with Crippen LogP contribution in [0, 0.1) is 13.0 Å². The average molecular weight is 135 g/mol. The van der Waals surface area contributed by atoms with Crippen molar-refractivity contribution in [1.82, 2.24) is 0 Å². The normalized spacial score (nSPS) is 13.7. The highest BCUT2D eigenvalue weighted by Crippen LogP contribution is 2.31. The first-order valence-corrected chi connectivity index (χ1v) is 3.14. The number of ether oxygens (including phenoxy) is 2. The molecule has 1 aliphatic heterocycles. The standard InChI is InChI=1S/C8H7O2/c1-6-2-3-7-8(4-6)10-5-9-7/h3-4H,5H2,1H3. The molecule has 0 fully saturated rings. The van der Waals surface area contributed by atoms with Gasteiger partial charge in [0.15, 0.2) is 11.5 Å². The molecule has 2 rings (SSSR count). The molecule has 51 valence electrons. The van der Waals surface area contributed by atoms with Crippen LogP contribution < -0.4 is 9.47 Å². The van der Waals surface area contributed by atoms with E-state index >= 15 is 0 Å². The van der Waals surface area contributed by atoms with Gasteiger partial charge in [-0.15, -0.1) is 0 Å². The van der Waals surface area contributed by atoms with Gasteiger partial charge >= 0.3 is 0 Å². The minimum absolute atomic E-state index is 0.340. The third-order valence-electron chi connectivity index (χ3n) is 1.45. The molecule has 0 aromatic heterocycles. The monoisotopic (exact) mass is 135 g/mol. The lowest BCUT2D eigenvalue weighted by molar-refractivity contribution is 0.174. The molecular formula is C8H7O2. The van der Waals surface area contributed by atoms with Crippen LogP contribution in [-0.2, 0) is 0 Å². The number of fused-ring (bicyclic) bond motifs is 1. The highest BCUT2D eigenvalue weighted by Gasteiger charge is 2.11. The minimum atomic E-state index is 0.340. The summed E-state index contributed by atoms with van der Waals surface area (Å²) in [5.41, 5.74) is 1.07. The predicted octanol–water partition coefficient (Wildman–Crippen LogP) is 1.52. The van der Waals surface area contributed by atoms with Crippen LogP contribution in [0.5, 0.6) is 11.5 Å². The van der Waals surface area contributed by atoms with Crippen LogP contribution >= 0.6 is 0 Å². The van der Waals surface area contributed by atoms with Gasteiger partial charge in [-0.2, -0.15) is 0 Å². The molecule has 2 nitrogen and oxygen atoms in total. The Balaban J connectivity index is 2.52. The van der Waals surface area contributed by atoms with Crippen LogP contribution in [-0.4, -0.2) is 6.79 Å². The summed E-state index contributed by atoms with van der Waals surface area (Å²) in [6.07, 6.45) is 0. The van der Waals surface area contributed by atoms with Crippen molar-refractivity contribution in [2.45, 2.75) is 6.92 Å². The molecule has 0 bridgehead atoms. The Morgan fingerprint density at radius 2 is 2.20 bits per heavy atom. The molecule has 1 heterocycles. The average Bonchev–Trinajstić information content (AvgIpc) is 2.33. The number of rotatable bonds is 0. The fourth-order valence-corrected chi connectivity index (χ4v) is 0.942. The van der Waals surface area contributed by atoms with Crippen molar-refractivity contribution < 1.29 is 9.47 Å². The lowest BCUT2D eigenvalue weighted by Crippen LogP contribution is -1.92. The van der Waals surface area contributed by atoms with Gasteiger partial charge in [-0.25, -0.2) is 0 Å². The van der Waals surface area contributed by atoms with E-state index in [4.69, 9.17) is 9.47 Å².